The molecule has 1 heterocycles. The molecule has 3 rings (SSSR count). The van der Waals surface area contributed by atoms with E-state index in [0.29, 0.717) is 28.9 Å². The number of nitrogens with one attached hydrogen (secondary N) is 1. The number of ether oxygens (including phenoxy) is 1. The summed E-state index contributed by atoms with van der Waals surface area (Å²) in [5.74, 6) is 0.626. The van der Waals surface area contributed by atoms with Crippen LogP contribution in [-0.2, 0) is 6.61 Å². The molecular formula is C20H21N3O4. The van der Waals surface area contributed by atoms with E-state index >= 15 is 0 Å². The van der Waals surface area contributed by atoms with E-state index in [1.165, 1.54) is 6.20 Å². The molecule has 7 heteroatoms. The van der Waals surface area contributed by atoms with E-state index in [2.05, 4.69) is 10.3 Å². The van der Waals surface area contributed by atoms with E-state index in [1.807, 2.05) is 30.3 Å². The normalized spacial score (nSPS) is 11.4. The molecule has 0 amide bonds. The summed E-state index contributed by atoms with van der Waals surface area (Å²) in [5.41, 5.74) is 0.806. The molecular weight excluding hydrogens is 346 g/mol. The van der Waals surface area contributed by atoms with Gasteiger partial charge in [0, 0.05) is 18.0 Å². The van der Waals surface area contributed by atoms with Crippen LogP contribution in [0.25, 0.3) is 10.9 Å². The molecule has 0 radical (unpaired) electrons. The van der Waals surface area contributed by atoms with Crippen molar-refractivity contribution in [2.75, 3.05) is 11.9 Å². The summed E-state index contributed by atoms with van der Waals surface area (Å²) >= 11 is 0. The van der Waals surface area contributed by atoms with Crippen LogP contribution in [0.2, 0.25) is 0 Å². The Morgan fingerprint density at radius 3 is 2.63 bits per heavy atom. The van der Waals surface area contributed by atoms with Gasteiger partial charge in [0.2, 0.25) is 0 Å². The second kappa shape index (κ2) is 7.59. The number of hydrogen-bond acceptors (Lipinski definition) is 6. The number of rotatable bonds is 7. The van der Waals surface area contributed by atoms with Crippen LogP contribution in [0.4, 0.5) is 11.4 Å². The van der Waals surface area contributed by atoms with Crippen LogP contribution in [-0.4, -0.2) is 27.2 Å². The number of pyridine rings is 1. The Morgan fingerprint density at radius 2 is 1.96 bits per heavy atom. The largest absolute Gasteiger partial charge is 0.489 e. The van der Waals surface area contributed by atoms with Crippen molar-refractivity contribution in [1.29, 1.82) is 0 Å². The average Bonchev–Trinajstić information content (AvgIpc) is 2.64. The van der Waals surface area contributed by atoms with E-state index in [-0.39, 0.29) is 12.2 Å². The highest BCUT2D eigenvalue weighted by Crippen LogP contribution is 2.33. The first kappa shape index (κ1) is 18.6. The van der Waals surface area contributed by atoms with Gasteiger partial charge >= 0.3 is 5.69 Å². The van der Waals surface area contributed by atoms with Crippen LogP contribution < -0.4 is 10.1 Å². The Hall–Kier alpha value is -3.19. The van der Waals surface area contributed by atoms with Crippen molar-refractivity contribution in [1.82, 2.24) is 4.98 Å². The number of anilines is 1. The SMILES string of the molecule is CC(C)(O)CNc1c([N+](=O)[O-])cnc2cc(OCc3ccccc3)ccc12. The van der Waals surface area contributed by atoms with E-state index < -0.39 is 10.5 Å². The molecule has 0 atom stereocenters. The minimum absolute atomic E-state index is 0.135. The number of aliphatic hydroxyl groups is 1. The van der Waals surface area contributed by atoms with Crippen molar-refractivity contribution < 1.29 is 14.8 Å². The maximum absolute atomic E-state index is 11.4. The molecule has 0 aliphatic heterocycles. The first-order valence-electron chi connectivity index (χ1n) is 8.54. The predicted molar refractivity (Wildman–Crippen MR) is 104 cm³/mol. The topological polar surface area (TPSA) is 97.5 Å². The monoisotopic (exact) mass is 367 g/mol. The van der Waals surface area contributed by atoms with Gasteiger partial charge in [-0.3, -0.25) is 10.1 Å². The Morgan fingerprint density at radius 1 is 1.22 bits per heavy atom. The standard InChI is InChI=1S/C20H21N3O4/c1-20(2,24)13-22-19-16-9-8-15(27-12-14-6-4-3-5-7-14)10-17(16)21-11-18(19)23(25)26/h3-11,24H,12-13H2,1-2H3,(H,21,22). The number of benzene rings is 2. The molecule has 2 aromatic carbocycles. The van der Waals surface area contributed by atoms with Gasteiger partial charge in [-0.1, -0.05) is 30.3 Å². The molecule has 0 saturated carbocycles. The van der Waals surface area contributed by atoms with Crippen LogP contribution in [0.3, 0.4) is 0 Å². The van der Waals surface area contributed by atoms with Gasteiger partial charge in [0.05, 0.1) is 16.0 Å². The first-order chi connectivity index (χ1) is 12.8. The Labute approximate surface area is 156 Å². The number of nitrogens with zero attached hydrogens (tertiary/aromatic N) is 2. The zero-order valence-corrected chi connectivity index (χ0v) is 15.2. The Balaban J connectivity index is 1.90. The molecule has 0 bridgehead atoms. The van der Waals surface area contributed by atoms with Gasteiger partial charge < -0.3 is 15.2 Å². The fourth-order valence-corrected chi connectivity index (χ4v) is 2.62. The van der Waals surface area contributed by atoms with Crippen molar-refractivity contribution >= 4 is 22.3 Å². The number of nitro groups is 1. The molecule has 7 nitrogen and oxygen atoms in total. The summed E-state index contributed by atoms with van der Waals surface area (Å²) in [6, 6.07) is 15.0. The van der Waals surface area contributed by atoms with Gasteiger partial charge in [-0.15, -0.1) is 0 Å². The minimum Gasteiger partial charge on any atom is -0.489 e. The molecule has 0 saturated heterocycles. The van der Waals surface area contributed by atoms with Crippen LogP contribution in [0.15, 0.2) is 54.7 Å². The van der Waals surface area contributed by atoms with E-state index in [4.69, 9.17) is 4.74 Å². The van der Waals surface area contributed by atoms with Crippen LogP contribution in [0, 0.1) is 10.1 Å². The molecule has 0 fully saturated rings. The number of aromatic nitrogens is 1. The number of fused-ring (bicyclic) bond motifs is 1. The summed E-state index contributed by atoms with van der Waals surface area (Å²) in [4.78, 5) is 15.1. The lowest BCUT2D eigenvalue weighted by atomic mass is 10.1. The molecule has 1 aromatic heterocycles. The Kier molecular flexibility index (Phi) is 5.23. The van der Waals surface area contributed by atoms with Crippen LogP contribution in [0.1, 0.15) is 19.4 Å². The van der Waals surface area contributed by atoms with Gasteiger partial charge in [0.15, 0.2) is 0 Å². The second-order valence-electron chi connectivity index (χ2n) is 6.89. The third-order valence-corrected chi connectivity index (χ3v) is 3.96. The summed E-state index contributed by atoms with van der Waals surface area (Å²) in [5, 5.41) is 24.9. The average molecular weight is 367 g/mol. The zero-order valence-electron chi connectivity index (χ0n) is 15.2. The predicted octanol–water partition coefficient (Wildman–Crippen LogP) is 3.90. The van der Waals surface area contributed by atoms with Gasteiger partial charge in [-0.2, -0.15) is 0 Å². The van der Waals surface area contributed by atoms with Gasteiger partial charge in [0.25, 0.3) is 0 Å². The maximum atomic E-state index is 11.4. The quantitative estimate of drug-likeness (QED) is 0.485. The fraction of sp³-hybridized carbons (Fsp3) is 0.250. The van der Waals surface area contributed by atoms with E-state index in [9.17, 15) is 15.2 Å². The summed E-state index contributed by atoms with van der Waals surface area (Å²) in [6.07, 6.45) is 1.22. The molecule has 27 heavy (non-hydrogen) atoms. The summed E-state index contributed by atoms with van der Waals surface area (Å²) < 4.78 is 5.80. The molecule has 140 valence electrons. The first-order valence-corrected chi connectivity index (χ1v) is 8.54. The van der Waals surface area contributed by atoms with Crippen molar-refractivity contribution in [3.63, 3.8) is 0 Å². The van der Waals surface area contributed by atoms with Crippen molar-refractivity contribution in [2.45, 2.75) is 26.1 Å². The Bertz CT molecular complexity index is 953. The van der Waals surface area contributed by atoms with Gasteiger partial charge in [-0.25, -0.2) is 4.98 Å². The lowest BCUT2D eigenvalue weighted by Gasteiger charge is -2.19. The molecule has 2 N–H and O–H groups in total. The van der Waals surface area contributed by atoms with Crippen molar-refractivity contribution in [2.24, 2.45) is 0 Å². The third-order valence-electron chi connectivity index (χ3n) is 3.96. The summed E-state index contributed by atoms with van der Waals surface area (Å²) in [6.45, 7) is 3.85. The van der Waals surface area contributed by atoms with Gasteiger partial charge in [0.1, 0.15) is 24.2 Å². The summed E-state index contributed by atoms with van der Waals surface area (Å²) in [7, 11) is 0. The highest BCUT2D eigenvalue weighted by molar-refractivity contribution is 5.96. The lowest BCUT2D eigenvalue weighted by Crippen LogP contribution is -2.29. The highest BCUT2D eigenvalue weighted by Gasteiger charge is 2.21. The van der Waals surface area contributed by atoms with Gasteiger partial charge in [-0.05, 0) is 31.5 Å². The van der Waals surface area contributed by atoms with Crippen molar-refractivity contribution in [3.8, 4) is 5.75 Å². The minimum atomic E-state index is -1.01. The smallest absolute Gasteiger partial charge is 0.311 e. The van der Waals surface area contributed by atoms with Crippen molar-refractivity contribution in [3.05, 3.63) is 70.4 Å². The zero-order chi connectivity index (χ0) is 19.4. The lowest BCUT2D eigenvalue weighted by molar-refractivity contribution is -0.384. The third kappa shape index (κ3) is 4.71. The van der Waals surface area contributed by atoms with E-state index in [0.717, 1.165) is 5.56 Å². The van der Waals surface area contributed by atoms with E-state index in [1.54, 1.807) is 32.0 Å². The van der Waals surface area contributed by atoms with Crippen LogP contribution >= 0.6 is 0 Å². The maximum Gasteiger partial charge on any atom is 0.311 e. The molecule has 0 aliphatic carbocycles. The number of hydrogen-bond donors (Lipinski definition) is 2. The highest BCUT2D eigenvalue weighted by atomic mass is 16.6. The van der Waals surface area contributed by atoms with Crippen LogP contribution in [0.5, 0.6) is 5.75 Å². The molecule has 0 unspecified atom stereocenters. The fourth-order valence-electron chi connectivity index (χ4n) is 2.62. The molecule has 3 aromatic rings. The molecule has 0 aliphatic rings. The molecule has 0 spiro atoms. The second-order valence-corrected chi connectivity index (χ2v) is 6.89.